The highest BCUT2D eigenvalue weighted by atomic mass is 19.3. The van der Waals surface area contributed by atoms with Crippen LogP contribution < -0.4 is 0 Å². The molecule has 2 aromatic rings. The summed E-state index contributed by atoms with van der Waals surface area (Å²) in [6.07, 6.45) is -2.62. The molecule has 0 amide bonds. The molecule has 94 valence electrons. The number of aromatic nitrogens is 2. The predicted molar refractivity (Wildman–Crippen MR) is 60.2 cm³/mol. The van der Waals surface area contributed by atoms with Crippen LogP contribution >= 0.6 is 0 Å². The fourth-order valence-corrected chi connectivity index (χ4v) is 1.61. The Morgan fingerprint density at radius 3 is 2.39 bits per heavy atom. The number of aryl methyl sites for hydroxylation is 1. The normalized spacial score (nSPS) is 10.9. The molecule has 1 aromatic carbocycles. The first kappa shape index (κ1) is 12.2. The van der Waals surface area contributed by atoms with Gasteiger partial charge in [0.05, 0.1) is 11.3 Å². The van der Waals surface area contributed by atoms with Gasteiger partial charge in [0.2, 0.25) is 0 Å². The number of carboxylic acid groups (broad SMARTS) is 1. The number of alkyl halides is 2. The smallest absolute Gasteiger partial charge is 0.335 e. The molecule has 0 aliphatic carbocycles. The number of nitrogens with zero attached hydrogens (tertiary/aromatic N) is 2. The molecule has 0 bridgehead atoms. The molecule has 0 aliphatic heterocycles. The van der Waals surface area contributed by atoms with Crippen LogP contribution in [0.3, 0.4) is 0 Å². The molecule has 1 heterocycles. The molecule has 0 atom stereocenters. The molecule has 0 fully saturated rings. The maximum atomic E-state index is 12.5. The van der Waals surface area contributed by atoms with Crippen molar-refractivity contribution in [3.05, 3.63) is 47.3 Å². The summed E-state index contributed by atoms with van der Waals surface area (Å²) in [5.74, 6) is -1.04. The van der Waals surface area contributed by atoms with Gasteiger partial charge in [-0.05, 0) is 37.3 Å². The van der Waals surface area contributed by atoms with E-state index in [4.69, 9.17) is 5.11 Å². The molecule has 0 saturated carbocycles. The monoisotopic (exact) mass is 252 g/mol. The van der Waals surface area contributed by atoms with E-state index in [2.05, 4.69) is 5.10 Å². The Bertz CT molecular complexity index is 576. The minimum absolute atomic E-state index is 0.137. The van der Waals surface area contributed by atoms with Crippen LogP contribution in [-0.2, 0) is 0 Å². The van der Waals surface area contributed by atoms with Gasteiger partial charge in [0.1, 0.15) is 5.69 Å². The van der Waals surface area contributed by atoms with E-state index in [1.54, 1.807) is 6.92 Å². The highest BCUT2D eigenvalue weighted by molar-refractivity contribution is 5.87. The molecule has 4 nitrogen and oxygen atoms in total. The Balaban J connectivity index is 2.39. The number of rotatable bonds is 3. The molecule has 0 aliphatic rings. The molecule has 2 rings (SSSR count). The topological polar surface area (TPSA) is 55.1 Å². The molecule has 0 radical (unpaired) electrons. The SMILES string of the molecule is Cc1cc(C(F)F)nn1-c1ccc(C(=O)O)cc1. The van der Waals surface area contributed by atoms with Crippen molar-refractivity contribution in [1.82, 2.24) is 9.78 Å². The van der Waals surface area contributed by atoms with Crippen LogP contribution in [0.4, 0.5) is 8.78 Å². The van der Waals surface area contributed by atoms with Crippen molar-refractivity contribution in [2.24, 2.45) is 0 Å². The number of hydrogen-bond donors (Lipinski definition) is 1. The van der Waals surface area contributed by atoms with Gasteiger partial charge in [-0.2, -0.15) is 5.10 Å². The van der Waals surface area contributed by atoms with Crippen LogP contribution in [0.5, 0.6) is 0 Å². The molecule has 1 aromatic heterocycles. The van der Waals surface area contributed by atoms with E-state index in [1.807, 2.05) is 0 Å². The second kappa shape index (κ2) is 4.56. The van der Waals surface area contributed by atoms with E-state index in [-0.39, 0.29) is 11.3 Å². The number of halogens is 2. The van der Waals surface area contributed by atoms with Crippen LogP contribution in [0.25, 0.3) is 5.69 Å². The largest absolute Gasteiger partial charge is 0.478 e. The Morgan fingerprint density at radius 2 is 1.94 bits per heavy atom. The zero-order valence-corrected chi connectivity index (χ0v) is 9.47. The van der Waals surface area contributed by atoms with Crippen LogP contribution in [0.2, 0.25) is 0 Å². The summed E-state index contributed by atoms with van der Waals surface area (Å²) >= 11 is 0. The van der Waals surface area contributed by atoms with Gasteiger partial charge in [-0.3, -0.25) is 0 Å². The van der Waals surface area contributed by atoms with E-state index < -0.39 is 12.4 Å². The van der Waals surface area contributed by atoms with Gasteiger partial charge in [-0.1, -0.05) is 0 Å². The van der Waals surface area contributed by atoms with Gasteiger partial charge in [0, 0.05) is 5.69 Å². The average molecular weight is 252 g/mol. The Hall–Kier alpha value is -2.24. The van der Waals surface area contributed by atoms with Gasteiger partial charge in [0.25, 0.3) is 6.43 Å². The molecular formula is C12H10F2N2O2. The summed E-state index contributed by atoms with van der Waals surface area (Å²) in [4.78, 5) is 10.7. The van der Waals surface area contributed by atoms with Crippen molar-refractivity contribution >= 4 is 5.97 Å². The summed E-state index contributed by atoms with van der Waals surface area (Å²) in [5.41, 5.74) is 0.949. The summed E-state index contributed by atoms with van der Waals surface area (Å²) < 4.78 is 26.3. The van der Waals surface area contributed by atoms with Gasteiger partial charge in [-0.25, -0.2) is 18.3 Å². The maximum absolute atomic E-state index is 12.5. The molecule has 1 N–H and O–H groups in total. The van der Waals surface area contributed by atoms with E-state index >= 15 is 0 Å². The Morgan fingerprint density at radius 1 is 1.33 bits per heavy atom. The number of hydrogen-bond acceptors (Lipinski definition) is 2. The third-order valence-electron chi connectivity index (χ3n) is 2.49. The van der Waals surface area contributed by atoms with E-state index in [0.29, 0.717) is 11.4 Å². The van der Waals surface area contributed by atoms with Crippen molar-refractivity contribution in [2.75, 3.05) is 0 Å². The molecule has 0 saturated heterocycles. The third-order valence-corrected chi connectivity index (χ3v) is 2.49. The predicted octanol–water partition coefficient (Wildman–Crippen LogP) is 2.82. The van der Waals surface area contributed by atoms with Crippen LogP contribution in [-0.4, -0.2) is 20.9 Å². The van der Waals surface area contributed by atoms with Crippen molar-refractivity contribution in [3.8, 4) is 5.69 Å². The number of benzene rings is 1. The zero-order chi connectivity index (χ0) is 13.3. The maximum Gasteiger partial charge on any atom is 0.335 e. The van der Waals surface area contributed by atoms with Gasteiger partial charge < -0.3 is 5.11 Å². The average Bonchev–Trinajstić information content (AvgIpc) is 2.71. The summed E-state index contributed by atoms with van der Waals surface area (Å²) in [5, 5.41) is 12.5. The van der Waals surface area contributed by atoms with E-state index in [9.17, 15) is 13.6 Å². The Kier molecular flexibility index (Phi) is 3.10. The van der Waals surface area contributed by atoms with Crippen LogP contribution in [0.1, 0.15) is 28.2 Å². The quantitative estimate of drug-likeness (QED) is 0.913. The highest BCUT2D eigenvalue weighted by Gasteiger charge is 2.14. The first-order valence-electron chi connectivity index (χ1n) is 5.17. The van der Waals surface area contributed by atoms with Crippen molar-refractivity contribution in [1.29, 1.82) is 0 Å². The fourth-order valence-electron chi connectivity index (χ4n) is 1.61. The van der Waals surface area contributed by atoms with Gasteiger partial charge in [-0.15, -0.1) is 0 Å². The number of carbonyl (C=O) groups is 1. The van der Waals surface area contributed by atoms with Crippen LogP contribution in [0, 0.1) is 6.92 Å². The first-order valence-corrected chi connectivity index (χ1v) is 5.17. The highest BCUT2D eigenvalue weighted by Crippen LogP contribution is 2.20. The van der Waals surface area contributed by atoms with Gasteiger partial charge >= 0.3 is 5.97 Å². The van der Waals surface area contributed by atoms with Gasteiger partial charge in [0.15, 0.2) is 0 Å². The summed E-state index contributed by atoms with van der Waals surface area (Å²) in [7, 11) is 0. The fraction of sp³-hybridized carbons (Fsp3) is 0.167. The lowest BCUT2D eigenvalue weighted by atomic mass is 10.2. The zero-order valence-electron chi connectivity index (χ0n) is 9.47. The van der Waals surface area contributed by atoms with Crippen molar-refractivity contribution < 1.29 is 18.7 Å². The minimum Gasteiger partial charge on any atom is -0.478 e. The summed E-state index contributed by atoms with van der Waals surface area (Å²) in [6, 6.07) is 7.16. The second-order valence-corrected chi connectivity index (χ2v) is 3.78. The Labute approximate surface area is 101 Å². The van der Waals surface area contributed by atoms with E-state index in [0.717, 1.165) is 0 Å². The molecular weight excluding hydrogens is 242 g/mol. The minimum atomic E-state index is -2.62. The standard InChI is InChI=1S/C12H10F2N2O2/c1-7-6-10(11(13)14)15-16(7)9-4-2-8(3-5-9)12(17)18/h2-6,11H,1H3,(H,17,18). The lowest BCUT2D eigenvalue weighted by molar-refractivity contribution is 0.0697. The summed E-state index contributed by atoms with van der Waals surface area (Å²) in [6.45, 7) is 1.66. The van der Waals surface area contributed by atoms with Crippen LogP contribution in [0.15, 0.2) is 30.3 Å². The lowest BCUT2D eigenvalue weighted by Gasteiger charge is -2.04. The third kappa shape index (κ3) is 2.22. The second-order valence-electron chi connectivity index (χ2n) is 3.78. The molecule has 0 spiro atoms. The number of aromatic carboxylic acids is 1. The van der Waals surface area contributed by atoms with Crippen molar-refractivity contribution in [2.45, 2.75) is 13.3 Å². The molecule has 0 unspecified atom stereocenters. The van der Waals surface area contributed by atoms with Crippen molar-refractivity contribution in [3.63, 3.8) is 0 Å². The first-order chi connectivity index (χ1) is 8.49. The van der Waals surface area contributed by atoms with E-state index in [1.165, 1.54) is 35.0 Å². The number of carboxylic acids is 1. The molecule has 6 heteroatoms. The molecule has 18 heavy (non-hydrogen) atoms. The lowest BCUT2D eigenvalue weighted by Crippen LogP contribution is -2.01.